The zero-order valence-corrected chi connectivity index (χ0v) is 11.2. The molecule has 1 aliphatic carbocycles. The highest BCUT2D eigenvalue weighted by molar-refractivity contribution is 5.89. The molecular formula is C17H14O3. The van der Waals surface area contributed by atoms with Gasteiger partial charge in [-0.2, -0.15) is 0 Å². The fraction of sp³-hybridized carbons (Fsp3) is 0.294. The predicted octanol–water partition coefficient (Wildman–Crippen LogP) is 3.48. The summed E-state index contributed by atoms with van der Waals surface area (Å²) in [4.78, 5) is 0. The van der Waals surface area contributed by atoms with Gasteiger partial charge in [0.15, 0.2) is 11.5 Å². The van der Waals surface area contributed by atoms with Crippen LogP contribution in [0.4, 0.5) is 0 Å². The Labute approximate surface area is 117 Å². The first-order valence-corrected chi connectivity index (χ1v) is 6.99. The molecule has 3 aliphatic rings. The van der Waals surface area contributed by atoms with Crippen molar-refractivity contribution >= 4 is 0 Å². The molecule has 2 heterocycles. The van der Waals surface area contributed by atoms with Gasteiger partial charge in [0.1, 0.15) is 5.75 Å². The van der Waals surface area contributed by atoms with Crippen molar-refractivity contribution in [1.82, 2.24) is 0 Å². The second-order valence-electron chi connectivity index (χ2n) is 5.83. The molecule has 3 nitrogen and oxygen atoms in total. The number of hydrogen-bond donors (Lipinski definition) is 0. The second kappa shape index (κ2) is 3.29. The molecule has 0 saturated heterocycles. The van der Waals surface area contributed by atoms with Crippen LogP contribution in [0, 0.1) is 0 Å². The predicted molar refractivity (Wildman–Crippen MR) is 74.6 cm³/mol. The Morgan fingerprint density at radius 2 is 1.95 bits per heavy atom. The first-order valence-electron chi connectivity index (χ1n) is 6.99. The first-order chi connectivity index (χ1) is 9.79. The average molecular weight is 266 g/mol. The topological polar surface area (TPSA) is 27.7 Å². The van der Waals surface area contributed by atoms with E-state index < -0.39 is 0 Å². The molecule has 0 N–H and O–H groups in total. The lowest BCUT2D eigenvalue weighted by atomic mass is 9.76. The molecule has 0 radical (unpaired) electrons. The van der Waals surface area contributed by atoms with Gasteiger partial charge in [0.2, 0.25) is 6.79 Å². The summed E-state index contributed by atoms with van der Waals surface area (Å²) >= 11 is 0. The molecule has 0 amide bonds. The van der Waals surface area contributed by atoms with Gasteiger partial charge >= 0.3 is 0 Å². The minimum Gasteiger partial charge on any atom is -0.493 e. The summed E-state index contributed by atoms with van der Waals surface area (Å²) in [6, 6.07) is 10.5. The summed E-state index contributed by atoms with van der Waals surface area (Å²) in [6.07, 6.45) is 1.00. The Balaban J connectivity index is 1.94. The summed E-state index contributed by atoms with van der Waals surface area (Å²) in [7, 11) is 0. The maximum atomic E-state index is 5.86. The van der Waals surface area contributed by atoms with E-state index in [0.717, 1.165) is 30.3 Å². The van der Waals surface area contributed by atoms with E-state index >= 15 is 0 Å². The van der Waals surface area contributed by atoms with E-state index in [1.807, 2.05) is 6.07 Å². The van der Waals surface area contributed by atoms with Crippen LogP contribution in [0.25, 0.3) is 11.1 Å². The second-order valence-corrected chi connectivity index (χ2v) is 5.83. The van der Waals surface area contributed by atoms with Crippen LogP contribution in [0.5, 0.6) is 17.2 Å². The molecule has 20 heavy (non-hydrogen) atoms. The Bertz CT molecular complexity index is 750. The molecular weight excluding hydrogens is 252 g/mol. The van der Waals surface area contributed by atoms with E-state index in [1.54, 1.807) is 0 Å². The van der Waals surface area contributed by atoms with Gasteiger partial charge in [-0.15, -0.1) is 0 Å². The van der Waals surface area contributed by atoms with Crippen LogP contribution in [0.1, 0.15) is 24.5 Å². The molecule has 0 spiro atoms. The minimum absolute atomic E-state index is 0.0283. The summed E-state index contributed by atoms with van der Waals surface area (Å²) in [6.45, 7) is 3.39. The lowest BCUT2D eigenvalue weighted by Crippen LogP contribution is -2.28. The Hall–Kier alpha value is -2.16. The minimum atomic E-state index is 0.0283. The van der Waals surface area contributed by atoms with Crippen LogP contribution in [0.2, 0.25) is 0 Å². The summed E-state index contributed by atoms with van der Waals surface area (Å²) in [5, 5.41) is 0. The van der Waals surface area contributed by atoms with Crippen molar-refractivity contribution in [3.8, 4) is 28.4 Å². The molecule has 2 aliphatic heterocycles. The van der Waals surface area contributed by atoms with Gasteiger partial charge in [-0.1, -0.05) is 25.1 Å². The highest BCUT2D eigenvalue weighted by atomic mass is 16.7. The van der Waals surface area contributed by atoms with Crippen molar-refractivity contribution in [3.63, 3.8) is 0 Å². The van der Waals surface area contributed by atoms with Gasteiger partial charge in [0, 0.05) is 16.5 Å². The number of benzene rings is 2. The molecule has 100 valence electrons. The number of fused-ring (bicyclic) bond motifs is 5. The van der Waals surface area contributed by atoms with Crippen molar-refractivity contribution < 1.29 is 14.2 Å². The van der Waals surface area contributed by atoms with Gasteiger partial charge < -0.3 is 14.2 Å². The van der Waals surface area contributed by atoms with Crippen LogP contribution < -0.4 is 14.2 Å². The maximum Gasteiger partial charge on any atom is 0.231 e. The van der Waals surface area contributed by atoms with Gasteiger partial charge in [-0.3, -0.25) is 0 Å². The van der Waals surface area contributed by atoms with Crippen LogP contribution >= 0.6 is 0 Å². The SMILES string of the molecule is CC12CCOc3cccc(c31)-c1c2ccc2c1OCO2. The highest BCUT2D eigenvalue weighted by Gasteiger charge is 2.46. The summed E-state index contributed by atoms with van der Waals surface area (Å²) in [5.74, 6) is 2.76. The normalized spacial score (nSPS) is 24.1. The zero-order chi connectivity index (χ0) is 13.3. The molecule has 1 unspecified atom stereocenters. The van der Waals surface area contributed by atoms with Crippen LogP contribution in [0.3, 0.4) is 0 Å². The third-order valence-corrected chi connectivity index (χ3v) is 4.84. The summed E-state index contributed by atoms with van der Waals surface area (Å²) in [5.41, 5.74) is 5.12. The zero-order valence-electron chi connectivity index (χ0n) is 11.2. The van der Waals surface area contributed by atoms with E-state index in [4.69, 9.17) is 14.2 Å². The van der Waals surface area contributed by atoms with Gasteiger partial charge in [-0.25, -0.2) is 0 Å². The maximum absolute atomic E-state index is 5.86. The smallest absolute Gasteiger partial charge is 0.231 e. The first kappa shape index (κ1) is 10.6. The fourth-order valence-corrected chi connectivity index (χ4v) is 3.89. The third kappa shape index (κ3) is 1.04. The molecule has 2 aromatic rings. The van der Waals surface area contributed by atoms with Crippen LogP contribution in [0.15, 0.2) is 30.3 Å². The van der Waals surface area contributed by atoms with E-state index in [1.165, 1.54) is 22.3 Å². The molecule has 1 atom stereocenters. The molecule has 2 aromatic carbocycles. The average Bonchev–Trinajstić information content (AvgIpc) is 3.02. The van der Waals surface area contributed by atoms with E-state index in [0.29, 0.717) is 6.79 Å². The van der Waals surface area contributed by atoms with Crippen molar-refractivity contribution in [2.24, 2.45) is 0 Å². The van der Waals surface area contributed by atoms with Crippen LogP contribution in [-0.4, -0.2) is 13.4 Å². The number of rotatable bonds is 0. The van der Waals surface area contributed by atoms with E-state index in [-0.39, 0.29) is 5.41 Å². The van der Waals surface area contributed by atoms with Crippen molar-refractivity contribution in [1.29, 1.82) is 0 Å². The molecule has 0 aromatic heterocycles. The lowest BCUT2D eigenvalue weighted by Gasteiger charge is -2.33. The summed E-state index contributed by atoms with van der Waals surface area (Å²) < 4.78 is 17.1. The molecule has 0 saturated carbocycles. The Kier molecular flexibility index (Phi) is 1.74. The standard InChI is InChI=1S/C17H14O3/c1-17-7-8-18-12-4-2-3-10(15(12)17)14-11(17)5-6-13-16(14)20-9-19-13/h2-6H,7-9H2,1H3. The monoisotopic (exact) mass is 266 g/mol. The van der Waals surface area contributed by atoms with E-state index in [2.05, 4.69) is 31.2 Å². The van der Waals surface area contributed by atoms with Crippen molar-refractivity contribution in [3.05, 3.63) is 41.5 Å². The highest BCUT2D eigenvalue weighted by Crippen LogP contribution is 2.60. The largest absolute Gasteiger partial charge is 0.493 e. The molecule has 0 bridgehead atoms. The van der Waals surface area contributed by atoms with Crippen molar-refractivity contribution in [2.45, 2.75) is 18.8 Å². The molecule has 3 heteroatoms. The number of ether oxygens (including phenoxy) is 3. The Morgan fingerprint density at radius 1 is 1.00 bits per heavy atom. The Morgan fingerprint density at radius 3 is 2.90 bits per heavy atom. The fourth-order valence-electron chi connectivity index (χ4n) is 3.89. The third-order valence-electron chi connectivity index (χ3n) is 4.84. The quantitative estimate of drug-likeness (QED) is 0.730. The van der Waals surface area contributed by atoms with Crippen molar-refractivity contribution in [2.75, 3.05) is 13.4 Å². The number of hydrogen-bond acceptors (Lipinski definition) is 3. The molecule has 0 fully saturated rings. The lowest BCUT2D eigenvalue weighted by molar-refractivity contribution is 0.174. The van der Waals surface area contributed by atoms with Crippen LogP contribution in [-0.2, 0) is 5.41 Å². The van der Waals surface area contributed by atoms with Gasteiger partial charge in [-0.05, 0) is 29.7 Å². The van der Waals surface area contributed by atoms with Gasteiger partial charge in [0.25, 0.3) is 0 Å². The van der Waals surface area contributed by atoms with E-state index in [9.17, 15) is 0 Å². The molecule has 5 rings (SSSR count). The van der Waals surface area contributed by atoms with Gasteiger partial charge in [0.05, 0.1) is 6.61 Å².